The standard InChI is InChI=1S/C17H28N2O/c1-14(12-18-2)16-6-4-15(5-7-16)13-19(10-11-20-3)17-8-9-17/h4-7,14,17-18H,8-13H2,1-3H3. The number of methoxy groups -OCH3 is 1. The maximum absolute atomic E-state index is 5.22. The third-order valence-electron chi connectivity index (χ3n) is 4.09. The highest BCUT2D eigenvalue weighted by Gasteiger charge is 2.28. The van der Waals surface area contributed by atoms with Crippen LogP contribution < -0.4 is 5.32 Å². The van der Waals surface area contributed by atoms with Gasteiger partial charge in [-0.05, 0) is 36.9 Å². The predicted octanol–water partition coefficient (Wildman–Crippen LogP) is 2.62. The van der Waals surface area contributed by atoms with Crippen molar-refractivity contribution in [2.45, 2.75) is 38.3 Å². The Labute approximate surface area is 123 Å². The smallest absolute Gasteiger partial charge is 0.0589 e. The van der Waals surface area contributed by atoms with Gasteiger partial charge in [-0.25, -0.2) is 0 Å². The number of hydrogen-bond acceptors (Lipinski definition) is 3. The van der Waals surface area contributed by atoms with Crippen LogP contribution in [0.4, 0.5) is 0 Å². The highest BCUT2D eigenvalue weighted by molar-refractivity contribution is 5.25. The third kappa shape index (κ3) is 4.58. The van der Waals surface area contributed by atoms with Crippen molar-refractivity contribution in [1.29, 1.82) is 0 Å². The van der Waals surface area contributed by atoms with Gasteiger partial charge >= 0.3 is 0 Å². The average molecular weight is 276 g/mol. The molecule has 0 spiro atoms. The monoisotopic (exact) mass is 276 g/mol. The van der Waals surface area contributed by atoms with Crippen LogP contribution in [-0.4, -0.2) is 44.8 Å². The van der Waals surface area contributed by atoms with Crippen LogP contribution in [-0.2, 0) is 11.3 Å². The Morgan fingerprint density at radius 3 is 2.55 bits per heavy atom. The molecule has 2 rings (SSSR count). The molecule has 1 fully saturated rings. The molecule has 1 unspecified atom stereocenters. The van der Waals surface area contributed by atoms with Gasteiger partial charge in [0.05, 0.1) is 6.61 Å². The first-order valence-electron chi connectivity index (χ1n) is 7.71. The van der Waals surface area contributed by atoms with E-state index >= 15 is 0 Å². The van der Waals surface area contributed by atoms with Crippen molar-refractivity contribution in [3.05, 3.63) is 35.4 Å². The van der Waals surface area contributed by atoms with Crippen molar-refractivity contribution in [2.24, 2.45) is 0 Å². The molecule has 3 nitrogen and oxygen atoms in total. The second-order valence-corrected chi connectivity index (χ2v) is 5.89. The lowest BCUT2D eigenvalue weighted by atomic mass is 10.00. The lowest BCUT2D eigenvalue weighted by Gasteiger charge is -2.22. The van der Waals surface area contributed by atoms with E-state index in [-0.39, 0.29) is 0 Å². The van der Waals surface area contributed by atoms with Crippen LogP contribution in [0.1, 0.15) is 36.8 Å². The molecule has 1 aromatic rings. The normalized spacial score (nSPS) is 16.6. The zero-order valence-corrected chi connectivity index (χ0v) is 13.1. The molecule has 20 heavy (non-hydrogen) atoms. The summed E-state index contributed by atoms with van der Waals surface area (Å²) in [6, 6.07) is 9.90. The molecule has 3 heteroatoms. The minimum atomic E-state index is 0.571. The van der Waals surface area contributed by atoms with Gasteiger partial charge in [0.25, 0.3) is 0 Å². The summed E-state index contributed by atoms with van der Waals surface area (Å²) in [5.74, 6) is 0.571. The summed E-state index contributed by atoms with van der Waals surface area (Å²) in [6.45, 7) is 6.21. The maximum atomic E-state index is 5.22. The van der Waals surface area contributed by atoms with E-state index in [1.165, 1.54) is 24.0 Å². The van der Waals surface area contributed by atoms with Crippen LogP contribution in [0.15, 0.2) is 24.3 Å². The molecular formula is C17H28N2O. The lowest BCUT2D eigenvalue weighted by molar-refractivity contribution is 0.139. The molecule has 112 valence electrons. The molecule has 0 radical (unpaired) electrons. The molecule has 0 aromatic heterocycles. The minimum Gasteiger partial charge on any atom is -0.383 e. The second-order valence-electron chi connectivity index (χ2n) is 5.89. The molecule has 0 saturated heterocycles. The SMILES string of the molecule is CNCC(C)c1ccc(CN(CCOC)C2CC2)cc1. The molecule has 1 aliphatic carbocycles. The van der Waals surface area contributed by atoms with Crippen LogP contribution in [0.25, 0.3) is 0 Å². The van der Waals surface area contributed by atoms with E-state index in [2.05, 4.69) is 41.4 Å². The quantitative estimate of drug-likeness (QED) is 0.750. The maximum Gasteiger partial charge on any atom is 0.0589 e. The fraction of sp³-hybridized carbons (Fsp3) is 0.647. The summed E-state index contributed by atoms with van der Waals surface area (Å²) in [5.41, 5.74) is 2.83. The fourth-order valence-corrected chi connectivity index (χ4v) is 2.65. The molecule has 0 bridgehead atoms. The fourth-order valence-electron chi connectivity index (χ4n) is 2.65. The largest absolute Gasteiger partial charge is 0.383 e. The van der Waals surface area contributed by atoms with Crippen molar-refractivity contribution in [3.63, 3.8) is 0 Å². The number of rotatable bonds is 9. The van der Waals surface area contributed by atoms with E-state index in [0.29, 0.717) is 5.92 Å². The Bertz CT molecular complexity index is 386. The molecule has 1 aromatic carbocycles. The Morgan fingerprint density at radius 2 is 2.00 bits per heavy atom. The van der Waals surface area contributed by atoms with Crippen LogP contribution >= 0.6 is 0 Å². The van der Waals surface area contributed by atoms with Crippen molar-refractivity contribution in [3.8, 4) is 0 Å². The van der Waals surface area contributed by atoms with Gasteiger partial charge in [0, 0.05) is 32.8 Å². The van der Waals surface area contributed by atoms with Gasteiger partial charge in [-0.2, -0.15) is 0 Å². The molecule has 1 saturated carbocycles. The highest BCUT2D eigenvalue weighted by Crippen LogP contribution is 2.28. The summed E-state index contributed by atoms with van der Waals surface area (Å²) >= 11 is 0. The topological polar surface area (TPSA) is 24.5 Å². The van der Waals surface area contributed by atoms with Gasteiger partial charge in [-0.1, -0.05) is 31.2 Å². The lowest BCUT2D eigenvalue weighted by Crippen LogP contribution is -2.29. The molecule has 1 atom stereocenters. The Morgan fingerprint density at radius 1 is 1.30 bits per heavy atom. The van der Waals surface area contributed by atoms with Crippen molar-refractivity contribution >= 4 is 0 Å². The Hall–Kier alpha value is -0.900. The zero-order chi connectivity index (χ0) is 14.4. The second kappa shape index (κ2) is 7.77. The number of benzene rings is 1. The third-order valence-corrected chi connectivity index (χ3v) is 4.09. The number of likely N-dealkylation sites (N-methyl/N-ethyl adjacent to an activating group) is 1. The van der Waals surface area contributed by atoms with Crippen molar-refractivity contribution in [1.82, 2.24) is 10.2 Å². The predicted molar refractivity (Wildman–Crippen MR) is 84.1 cm³/mol. The number of nitrogens with one attached hydrogen (secondary N) is 1. The highest BCUT2D eigenvalue weighted by atomic mass is 16.5. The zero-order valence-electron chi connectivity index (χ0n) is 13.1. The minimum absolute atomic E-state index is 0.571. The van der Waals surface area contributed by atoms with Gasteiger partial charge in [0.15, 0.2) is 0 Å². The van der Waals surface area contributed by atoms with Gasteiger partial charge < -0.3 is 10.1 Å². The number of hydrogen-bond donors (Lipinski definition) is 1. The van der Waals surface area contributed by atoms with Gasteiger partial charge in [-0.15, -0.1) is 0 Å². The molecule has 1 N–H and O–H groups in total. The van der Waals surface area contributed by atoms with Gasteiger partial charge in [0.1, 0.15) is 0 Å². The summed E-state index contributed by atoms with van der Waals surface area (Å²) in [4.78, 5) is 2.55. The Balaban J connectivity index is 1.91. The van der Waals surface area contributed by atoms with Gasteiger partial charge in [-0.3, -0.25) is 4.90 Å². The first kappa shape index (κ1) is 15.5. The van der Waals surface area contributed by atoms with Crippen LogP contribution in [0.2, 0.25) is 0 Å². The average Bonchev–Trinajstić information content (AvgIpc) is 3.29. The summed E-state index contributed by atoms with van der Waals surface area (Å²) in [7, 11) is 3.79. The van der Waals surface area contributed by atoms with E-state index in [4.69, 9.17) is 4.74 Å². The van der Waals surface area contributed by atoms with E-state index in [9.17, 15) is 0 Å². The van der Waals surface area contributed by atoms with Crippen LogP contribution in [0.3, 0.4) is 0 Å². The first-order valence-corrected chi connectivity index (χ1v) is 7.71. The molecule has 0 aliphatic heterocycles. The molecule has 0 heterocycles. The van der Waals surface area contributed by atoms with Gasteiger partial charge in [0.2, 0.25) is 0 Å². The van der Waals surface area contributed by atoms with Crippen LogP contribution in [0, 0.1) is 0 Å². The van der Waals surface area contributed by atoms with E-state index in [1.54, 1.807) is 7.11 Å². The summed E-state index contributed by atoms with van der Waals surface area (Å²) < 4.78 is 5.22. The van der Waals surface area contributed by atoms with E-state index in [0.717, 1.165) is 32.3 Å². The Kier molecular flexibility index (Phi) is 6.02. The summed E-state index contributed by atoms with van der Waals surface area (Å²) in [5, 5.41) is 3.24. The van der Waals surface area contributed by atoms with Crippen LogP contribution in [0.5, 0.6) is 0 Å². The summed E-state index contributed by atoms with van der Waals surface area (Å²) in [6.07, 6.45) is 2.70. The van der Waals surface area contributed by atoms with Crippen molar-refractivity contribution in [2.75, 3.05) is 33.9 Å². The number of ether oxygens (including phenoxy) is 1. The number of nitrogens with zero attached hydrogens (tertiary/aromatic N) is 1. The van der Waals surface area contributed by atoms with E-state index in [1.807, 2.05) is 7.05 Å². The molecule has 1 aliphatic rings. The van der Waals surface area contributed by atoms with Crippen molar-refractivity contribution < 1.29 is 4.74 Å². The first-order chi connectivity index (χ1) is 9.74. The molecule has 0 amide bonds. The molecular weight excluding hydrogens is 248 g/mol. The van der Waals surface area contributed by atoms with E-state index < -0.39 is 0 Å².